The van der Waals surface area contributed by atoms with Crippen molar-refractivity contribution in [3.63, 3.8) is 0 Å². The first kappa shape index (κ1) is 22.1. The van der Waals surface area contributed by atoms with Crippen molar-refractivity contribution in [2.24, 2.45) is 4.99 Å². The van der Waals surface area contributed by atoms with E-state index in [0.717, 1.165) is 64.4 Å². The molecule has 0 atom stereocenters. The van der Waals surface area contributed by atoms with Gasteiger partial charge in [-0.15, -0.1) is 0 Å². The number of thioether (sulfide) groups is 1. The average Bonchev–Trinajstić information content (AvgIpc) is 2.61. The van der Waals surface area contributed by atoms with Crippen molar-refractivity contribution in [2.75, 3.05) is 51.3 Å². The van der Waals surface area contributed by atoms with E-state index in [4.69, 9.17) is 0 Å². The van der Waals surface area contributed by atoms with Crippen LogP contribution in [0.3, 0.4) is 0 Å². The number of likely N-dealkylation sites (tertiary alicyclic amines) is 1. The molecular formula is C18H37N5OS. The molecule has 6 nitrogen and oxygen atoms in total. The minimum Gasteiger partial charge on any atom is -0.357 e. The highest BCUT2D eigenvalue weighted by Crippen LogP contribution is 2.10. The fourth-order valence-electron chi connectivity index (χ4n) is 2.82. The van der Waals surface area contributed by atoms with E-state index >= 15 is 0 Å². The highest BCUT2D eigenvalue weighted by atomic mass is 32.2. The van der Waals surface area contributed by atoms with Crippen LogP contribution in [-0.2, 0) is 4.79 Å². The zero-order valence-electron chi connectivity index (χ0n) is 16.3. The average molecular weight is 372 g/mol. The van der Waals surface area contributed by atoms with Gasteiger partial charge in [0.05, 0.1) is 6.54 Å². The predicted octanol–water partition coefficient (Wildman–Crippen LogP) is 1.68. The SMILES string of the molecule is CCCNC(=O)CN1CCC(NC(=NCCCCSC)NCC)CC1. The third-order valence-electron chi connectivity index (χ3n) is 4.24. The standard InChI is InChI=1S/C18H37N5OS/c1-4-10-20-17(24)15-23-12-8-16(9-13-23)22-18(19-5-2)21-11-6-7-14-25-3/h16H,4-15H2,1-3H3,(H,20,24)(H2,19,21,22). The summed E-state index contributed by atoms with van der Waals surface area (Å²) in [5, 5.41) is 9.86. The van der Waals surface area contributed by atoms with E-state index in [0.29, 0.717) is 12.6 Å². The first-order valence-corrected chi connectivity index (χ1v) is 11.1. The summed E-state index contributed by atoms with van der Waals surface area (Å²) in [6.07, 6.45) is 7.61. The van der Waals surface area contributed by atoms with Crippen molar-refractivity contribution in [1.29, 1.82) is 0 Å². The molecule has 25 heavy (non-hydrogen) atoms. The Morgan fingerprint density at radius 2 is 1.96 bits per heavy atom. The van der Waals surface area contributed by atoms with Gasteiger partial charge in [-0.2, -0.15) is 11.8 Å². The minimum atomic E-state index is 0.147. The summed E-state index contributed by atoms with van der Waals surface area (Å²) in [5.41, 5.74) is 0. The zero-order chi connectivity index (χ0) is 18.3. The van der Waals surface area contributed by atoms with Crippen LogP contribution in [0.15, 0.2) is 4.99 Å². The lowest BCUT2D eigenvalue weighted by Gasteiger charge is -2.32. The van der Waals surface area contributed by atoms with Crippen LogP contribution >= 0.6 is 11.8 Å². The van der Waals surface area contributed by atoms with Crippen molar-refractivity contribution in [2.45, 2.75) is 52.0 Å². The van der Waals surface area contributed by atoms with Gasteiger partial charge in [0.1, 0.15) is 0 Å². The Kier molecular flexibility index (Phi) is 12.6. The number of hydrogen-bond acceptors (Lipinski definition) is 4. The molecule has 0 aromatic rings. The summed E-state index contributed by atoms with van der Waals surface area (Å²) in [6.45, 7) is 9.16. The number of unbranched alkanes of at least 4 members (excludes halogenated alkanes) is 1. The van der Waals surface area contributed by atoms with Gasteiger partial charge in [0, 0.05) is 38.8 Å². The quantitative estimate of drug-likeness (QED) is 0.293. The molecule has 7 heteroatoms. The monoisotopic (exact) mass is 371 g/mol. The van der Waals surface area contributed by atoms with E-state index in [2.05, 4.69) is 45.9 Å². The Balaban J connectivity index is 2.29. The Morgan fingerprint density at radius 1 is 1.20 bits per heavy atom. The van der Waals surface area contributed by atoms with Crippen LogP contribution < -0.4 is 16.0 Å². The largest absolute Gasteiger partial charge is 0.357 e. The van der Waals surface area contributed by atoms with Gasteiger partial charge in [0.15, 0.2) is 5.96 Å². The van der Waals surface area contributed by atoms with E-state index in [1.807, 2.05) is 11.8 Å². The van der Waals surface area contributed by atoms with Crippen molar-refractivity contribution in [3.8, 4) is 0 Å². The molecule has 1 aliphatic rings. The Hall–Kier alpha value is -0.950. The molecule has 146 valence electrons. The number of nitrogens with zero attached hydrogens (tertiary/aromatic N) is 2. The summed E-state index contributed by atoms with van der Waals surface area (Å²) in [5.74, 6) is 2.29. The van der Waals surface area contributed by atoms with Crippen molar-refractivity contribution in [1.82, 2.24) is 20.9 Å². The molecule has 1 heterocycles. The smallest absolute Gasteiger partial charge is 0.234 e. The van der Waals surface area contributed by atoms with Crippen LogP contribution in [0, 0.1) is 0 Å². The first-order valence-electron chi connectivity index (χ1n) is 9.72. The minimum absolute atomic E-state index is 0.147. The lowest BCUT2D eigenvalue weighted by molar-refractivity contribution is -0.122. The molecule has 0 saturated carbocycles. The highest BCUT2D eigenvalue weighted by Gasteiger charge is 2.21. The summed E-state index contributed by atoms with van der Waals surface area (Å²) >= 11 is 1.89. The van der Waals surface area contributed by atoms with Gasteiger partial charge in [-0.25, -0.2) is 0 Å². The van der Waals surface area contributed by atoms with E-state index in [1.165, 1.54) is 12.2 Å². The van der Waals surface area contributed by atoms with E-state index in [-0.39, 0.29) is 5.91 Å². The third kappa shape index (κ3) is 10.6. The second kappa shape index (κ2) is 14.2. The summed E-state index contributed by atoms with van der Waals surface area (Å²) in [7, 11) is 0. The van der Waals surface area contributed by atoms with E-state index < -0.39 is 0 Å². The Labute approximate surface area is 158 Å². The van der Waals surface area contributed by atoms with E-state index in [1.54, 1.807) is 0 Å². The fourth-order valence-corrected chi connectivity index (χ4v) is 3.31. The van der Waals surface area contributed by atoms with Crippen molar-refractivity contribution in [3.05, 3.63) is 0 Å². The number of hydrogen-bond donors (Lipinski definition) is 3. The number of carbonyl (C=O) groups excluding carboxylic acids is 1. The summed E-state index contributed by atoms with van der Waals surface area (Å²) in [4.78, 5) is 18.7. The van der Waals surface area contributed by atoms with Crippen LogP contribution in [0.25, 0.3) is 0 Å². The molecule has 1 rings (SSSR count). The second-order valence-corrected chi connectivity index (χ2v) is 7.49. The maximum atomic E-state index is 11.8. The van der Waals surface area contributed by atoms with Gasteiger partial charge >= 0.3 is 0 Å². The number of guanidine groups is 1. The molecular weight excluding hydrogens is 334 g/mol. The number of piperidine rings is 1. The van der Waals surface area contributed by atoms with Crippen LogP contribution in [-0.4, -0.2) is 74.1 Å². The number of nitrogens with one attached hydrogen (secondary N) is 3. The summed E-state index contributed by atoms with van der Waals surface area (Å²) < 4.78 is 0. The van der Waals surface area contributed by atoms with Crippen LogP contribution in [0.4, 0.5) is 0 Å². The number of aliphatic imine (C=N–C) groups is 1. The zero-order valence-corrected chi connectivity index (χ0v) is 17.1. The van der Waals surface area contributed by atoms with Gasteiger partial charge in [-0.05, 0) is 51.0 Å². The van der Waals surface area contributed by atoms with Gasteiger partial charge in [0.2, 0.25) is 5.91 Å². The number of amides is 1. The lowest BCUT2D eigenvalue weighted by Crippen LogP contribution is -2.50. The molecule has 1 saturated heterocycles. The van der Waals surface area contributed by atoms with Crippen molar-refractivity contribution >= 4 is 23.6 Å². The first-order chi connectivity index (χ1) is 12.2. The Morgan fingerprint density at radius 3 is 2.60 bits per heavy atom. The van der Waals surface area contributed by atoms with Crippen LogP contribution in [0.1, 0.15) is 46.0 Å². The topological polar surface area (TPSA) is 68.8 Å². The van der Waals surface area contributed by atoms with E-state index in [9.17, 15) is 4.79 Å². The lowest BCUT2D eigenvalue weighted by atomic mass is 10.1. The molecule has 0 bridgehead atoms. The van der Waals surface area contributed by atoms with Crippen LogP contribution in [0.5, 0.6) is 0 Å². The maximum absolute atomic E-state index is 11.8. The van der Waals surface area contributed by atoms with Crippen molar-refractivity contribution < 1.29 is 4.79 Å². The van der Waals surface area contributed by atoms with Crippen LogP contribution in [0.2, 0.25) is 0 Å². The molecule has 0 radical (unpaired) electrons. The Bertz CT molecular complexity index is 384. The highest BCUT2D eigenvalue weighted by molar-refractivity contribution is 7.98. The number of rotatable bonds is 11. The maximum Gasteiger partial charge on any atom is 0.234 e. The molecule has 0 aliphatic carbocycles. The van der Waals surface area contributed by atoms with Gasteiger partial charge < -0.3 is 16.0 Å². The molecule has 0 unspecified atom stereocenters. The summed E-state index contributed by atoms with van der Waals surface area (Å²) in [6, 6.07) is 0.443. The molecule has 0 aromatic carbocycles. The second-order valence-electron chi connectivity index (χ2n) is 6.51. The van der Waals surface area contributed by atoms with Gasteiger partial charge in [-0.1, -0.05) is 6.92 Å². The molecule has 1 amide bonds. The molecule has 1 aliphatic heterocycles. The molecule has 1 fully saturated rings. The van der Waals surface area contributed by atoms with Gasteiger partial charge in [0.25, 0.3) is 0 Å². The normalized spacial score (nSPS) is 16.7. The molecule has 3 N–H and O–H groups in total. The number of carbonyl (C=O) groups is 1. The third-order valence-corrected chi connectivity index (χ3v) is 4.94. The predicted molar refractivity (Wildman–Crippen MR) is 109 cm³/mol. The molecule has 0 spiro atoms. The van der Waals surface area contributed by atoms with Gasteiger partial charge in [-0.3, -0.25) is 14.7 Å². The molecule has 0 aromatic heterocycles. The fraction of sp³-hybridized carbons (Fsp3) is 0.889.